The second-order valence-corrected chi connectivity index (χ2v) is 5.70. The fourth-order valence-corrected chi connectivity index (χ4v) is 3.05. The van der Waals surface area contributed by atoms with Gasteiger partial charge in [-0.05, 0) is 29.8 Å². The number of thioether (sulfide) groups is 1. The van der Waals surface area contributed by atoms with E-state index in [-0.39, 0.29) is 0 Å². The van der Waals surface area contributed by atoms with Gasteiger partial charge in [0, 0.05) is 22.1 Å². The first-order valence-corrected chi connectivity index (χ1v) is 7.09. The van der Waals surface area contributed by atoms with Gasteiger partial charge in [-0.25, -0.2) is 4.98 Å². The molecule has 0 bridgehead atoms. The molecule has 2 nitrogen and oxygen atoms in total. The molecule has 2 aromatic rings. The van der Waals surface area contributed by atoms with E-state index in [1.807, 2.05) is 30.3 Å². The third-order valence-electron chi connectivity index (χ3n) is 2.22. The van der Waals surface area contributed by atoms with Gasteiger partial charge in [-0.1, -0.05) is 33.6 Å². The normalized spacial score (nSPS) is 10.5. The summed E-state index contributed by atoms with van der Waals surface area (Å²) in [6.45, 7) is 0. The molecule has 0 aliphatic carbocycles. The summed E-state index contributed by atoms with van der Waals surface area (Å²) in [6, 6.07) is 9.55. The molecule has 0 aliphatic rings. The first-order valence-electron chi connectivity index (χ1n) is 4.94. The minimum absolute atomic E-state index is 0.648. The highest BCUT2D eigenvalue weighted by Crippen LogP contribution is 2.29. The molecule has 0 atom stereocenters. The van der Waals surface area contributed by atoms with Crippen LogP contribution in [0.25, 0.3) is 0 Å². The Balaban J connectivity index is 2.10. The van der Waals surface area contributed by atoms with E-state index in [0.29, 0.717) is 5.02 Å². The summed E-state index contributed by atoms with van der Waals surface area (Å²) in [5.74, 6) is 0.780. The molecule has 0 amide bonds. The van der Waals surface area contributed by atoms with Crippen LogP contribution in [-0.2, 0) is 5.75 Å². The minimum Gasteiger partial charge on any atom is -0.398 e. The van der Waals surface area contributed by atoms with Crippen molar-refractivity contribution >= 4 is 45.0 Å². The van der Waals surface area contributed by atoms with Crippen LogP contribution in [-0.4, -0.2) is 4.98 Å². The van der Waals surface area contributed by atoms with E-state index in [0.717, 1.165) is 26.5 Å². The zero-order valence-corrected chi connectivity index (χ0v) is 12.0. The quantitative estimate of drug-likeness (QED) is 0.671. The van der Waals surface area contributed by atoms with Gasteiger partial charge in [0.2, 0.25) is 0 Å². The Labute approximate surface area is 118 Å². The van der Waals surface area contributed by atoms with Gasteiger partial charge in [0.15, 0.2) is 0 Å². The summed E-state index contributed by atoms with van der Waals surface area (Å²) < 4.78 is 1.03. The molecule has 0 spiro atoms. The lowest BCUT2D eigenvalue weighted by Gasteiger charge is -2.07. The van der Waals surface area contributed by atoms with Crippen LogP contribution in [0, 0.1) is 0 Å². The lowest BCUT2D eigenvalue weighted by atomic mass is 10.2. The Bertz CT molecular complexity index is 496. The number of nitrogens with zero attached hydrogens (tertiary/aromatic N) is 1. The van der Waals surface area contributed by atoms with Crippen molar-refractivity contribution in [3.63, 3.8) is 0 Å². The number of anilines is 1. The van der Waals surface area contributed by atoms with Crippen molar-refractivity contribution in [2.24, 2.45) is 0 Å². The Kier molecular flexibility index (Phi) is 4.31. The van der Waals surface area contributed by atoms with Crippen molar-refractivity contribution < 1.29 is 0 Å². The van der Waals surface area contributed by atoms with Crippen LogP contribution in [0.1, 0.15) is 5.56 Å². The zero-order chi connectivity index (χ0) is 12.3. The Hall–Kier alpha value is -0.710. The number of hydrogen-bond donors (Lipinski definition) is 1. The molecule has 0 unspecified atom stereocenters. The van der Waals surface area contributed by atoms with Crippen LogP contribution < -0.4 is 5.73 Å². The van der Waals surface area contributed by atoms with Gasteiger partial charge in [0.25, 0.3) is 0 Å². The predicted octanol–water partition coefficient (Wildman–Crippen LogP) is 4.37. The Morgan fingerprint density at radius 3 is 2.76 bits per heavy atom. The van der Waals surface area contributed by atoms with Crippen LogP contribution in [0.2, 0.25) is 5.02 Å². The lowest BCUT2D eigenvalue weighted by molar-refractivity contribution is 1.13. The third-order valence-corrected chi connectivity index (χ3v) is 4.16. The molecule has 1 heterocycles. The monoisotopic (exact) mass is 328 g/mol. The number of benzene rings is 1. The number of halogens is 2. The standard InChI is InChI=1S/C12H10BrClN2S/c13-10-2-1-3-11(15)9(10)7-17-12-5-4-8(14)6-16-12/h1-6H,7,15H2. The second kappa shape index (κ2) is 5.76. The molecule has 0 saturated carbocycles. The molecule has 0 radical (unpaired) electrons. The maximum atomic E-state index is 5.92. The van der Waals surface area contributed by atoms with E-state index in [1.54, 1.807) is 18.0 Å². The molecule has 2 rings (SSSR count). The average Bonchev–Trinajstić information content (AvgIpc) is 2.31. The fraction of sp³-hybridized carbons (Fsp3) is 0.0833. The van der Waals surface area contributed by atoms with Crippen LogP contribution >= 0.6 is 39.3 Å². The number of aromatic nitrogens is 1. The van der Waals surface area contributed by atoms with E-state index in [1.165, 1.54) is 0 Å². The molecular weight excluding hydrogens is 320 g/mol. The minimum atomic E-state index is 0.648. The summed E-state index contributed by atoms with van der Waals surface area (Å²) in [7, 11) is 0. The van der Waals surface area contributed by atoms with Crippen molar-refractivity contribution in [2.75, 3.05) is 5.73 Å². The molecule has 1 aromatic carbocycles. The van der Waals surface area contributed by atoms with Crippen molar-refractivity contribution in [2.45, 2.75) is 10.8 Å². The SMILES string of the molecule is Nc1cccc(Br)c1CSc1ccc(Cl)cn1. The van der Waals surface area contributed by atoms with E-state index < -0.39 is 0 Å². The largest absolute Gasteiger partial charge is 0.398 e. The van der Waals surface area contributed by atoms with Crippen molar-refractivity contribution in [3.8, 4) is 0 Å². The molecule has 0 aliphatic heterocycles. The second-order valence-electron chi connectivity index (χ2n) is 3.41. The molecule has 1 aromatic heterocycles. The highest BCUT2D eigenvalue weighted by molar-refractivity contribution is 9.10. The summed E-state index contributed by atoms with van der Waals surface area (Å²) >= 11 is 10.9. The first kappa shape index (κ1) is 12.7. The van der Waals surface area contributed by atoms with Crippen LogP contribution in [0.15, 0.2) is 46.0 Å². The number of nitrogen functional groups attached to an aromatic ring is 1. The molecular formula is C12H10BrClN2S. The average molecular weight is 330 g/mol. The van der Waals surface area contributed by atoms with Crippen molar-refractivity contribution in [1.82, 2.24) is 4.98 Å². The number of hydrogen-bond acceptors (Lipinski definition) is 3. The highest BCUT2D eigenvalue weighted by Gasteiger charge is 2.05. The van der Waals surface area contributed by atoms with Gasteiger partial charge in [0.1, 0.15) is 0 Å². The van der Waals surface area contributed by atoms with Crippen LogP contribution in [0.3, 0.4) is 0 Å². The molecule has 0 saturated heterocycles. The Morgan fingerprint density at radius 2 is 2.12 bits per heavy atom. The van der Waals surface area contributed by atoms with E-state index in [4.69, 9.17) is 17.3 Å². The van der Waals surface area contributed by atoms with Crippen molar-refractivity contribution in [3.05, 3.63) is 51.6 Å². The van der Waals surface area contributed by atoms with Gasteiger partial charge in [-0.15, -0.1) is 11.8 Å². The van der Waals surface area contributed by atoms with E-state index in [9.17, 15) is 0 Å². The van der Waals surface area contributed by atoms with Gasteiger partial charge < -0.3 is 5.73 Å². The van der Waals surface area contributed by atoms with Gasteiger partial charge in [-0.2, -0.15) is 0 Å². The topological polar surface area (TPSA) is 38.9 Å². The predicted molar refractivity (Wildman–Crippen MR) is 77.4 cm³/mol. The number of pyridine rings is 1. The number of rotatable bonds is 3. The molecule has 2 N–H and O–H groups in total. The van der Waals surface area contributed by atoms with Crippen LogP contribution in [0.5, 0.6) is 0 Å². The summed E-state index contributed by atoms with van der Waals surface area (Å²) in [6.07, 6.45) is 1.65. The Morgan fingerprint density at radius 1 is 1.29 bits per heavy atom. The molecule has 17 heavy (non-hydrogen) atoms. The molecule has 0 fully saturated rings. The molecule has 5 heteroatoms. The maximum Gasteiger partial charge on any atom is 0.0964 e. The van der Waals surface area contributed by atoms with E-state index in [2.05, 4.69) is 20.9 Å². The number of nitrogens with two attached hydrogens (primary N) is 1. The van der Waals surface area contributed by atoms with Crippen LogP contribution in [0.4, 0.5) is 5.69 Å². The van der Waals surface area contributed by atoms with E-state index >= 15 is 0 Å². The lowest BCUT2D eigenvalue weighted by Crippen LogP contribution is -1.93. The highest BCUT2D eigenvalue weighted by atomic mass is 79.9. The van der Waals surface area contributed by atoms with Gasteiger partial charge >= 0.3 is 0 Å². The third kappa shape index (κ3) is 3.37. The first-order chi connectivity index (χ1) is 8.16. The smallest absolute Gasteiger partial charge is 0.0964 e. The summed E-state index contributed by atoms with van der Waals surface area (Å²) in [5.41, 5.74) is 7.81. The zero-order valence-electron chi connectivity index (χ0n) is 8.86. The van der Waals surface area contributed by atoms with Gasteiger partial charge in [-0.3, -0.25) is 0 Å². The summed E-state index contributed by atoms with van der Waals surface area (Å²) in [5, 5.41) is 1.58. The van der Waals surface area contributed by atoms with Crippen molar-refractivity contribution in [1.29, 1.82) is 0 Å². The summed E-state index contributed by atoms with van der Waals surface area (Å²) in [4.78, 5) is 4.23. The fourth-order valence-electron chi connectivity index (χ4n) is 1.32. The van der Waals surface area contributed by atoms with Gasteiger partial charge in [0.05, 0.1) is 10.0 Å². The molecule has 88 valence electrons. The maximum absolute atomic E-state index is 5.92.